The van der Waals surface area contributed by atoms with Crippen LogP contribution in [-0.2, 0) is 52.7 Å². The number of aliphatic carboxylic acids is 1. The summed E-state index contributed by atoms with van der Waals surface area (Å²) in [5.41, 5.74) is 6.90. The SMILES string of the molecule is C=C1NC(=O)C2CSC(=N2)c2csc(n2)-c2ccc3c(n2)C(C)NC(=O)C2CCCN2C(=O)/C(=C\C)NC(=O)CNC(=O)C(CO)NC(=O)C(C)(NC(=O)/C(=C\C)NC(=O)C2CSC(=N2)C(CC(N)=O)NCC3=O)SCC(C(=O)O)NC(=O)C2CSC(=N2)c2csc(n2)-c2csc1n2. The number of thiazole rings is 3. The van der Waals surface area contributed by atoms with E-state index in [-0.39, 0.29) is 63.6 Å². The summed E-state index contributed by atoms with van der Waals surface area (Å²) in [5, 5.41) is 51.7. The third kappa shape index (κ3) is 16.8. The van der Waals surface area contributed by atoms with Gasteiger partial charge in [-0.05, 0) is 52.7 Å². The largest absolute Gasteiger partial charge is 0.480 e. The normalized spacial score (nSPS) is 27.0. The average Bonchev–Trinajstić information content (AvgIpc) is 1.45. The molecule has 10 amide bonds. The molecular weight excluding hydrogens is 1410 g/mol. The van der Waals surface area contributed by atoms with Crippen molar-refractivity contribution in [1.29, 1.82) is 0 Å². The number of rotatable bonds is 4. The maximum absolute atomic E-state index is 14.6. The zero-order valence-electron chi connectivity index (χ0n) is 52.5. The molecule has 0 spiro atoms. The number of Topliss-reactive ketones (excluding diaryl/α,β-unsaturated/α-hetero) is 1. The molecule has 4 aromatic heterocycles. The Bertz CT molecular complexity index is 4130. The van der Waals surface area contributed by atoms with Gasteiger partial charge in [-0.2, -0.15) is 0 Å². The highest BCUT2D eigenvalue weighted by Crippen LogP contribution is 2.34. The third-order valence-electron chi connectivity index (χ3n) is 15.6. The van der Waals surface area contributed by atoms with E-state index in [1.165, 1.54) is 94.5 Å². The number of fused-ring (bicyclic) bond motifs is 8. The third-order valence-corrected chi connectivity index (χ3v) is 22.9. The molecule has 1 fully saturated rings. The molecule has 7 aliphatic rings. The fourth-order valence-electron chi connectivity index (χ4n) is 10.4. The number of carboxylic acids is 1. The van der Waals surface area contributed by atoms with Crippen LogP contribution in [0.25, 0.3) is 27.1 Å². The van der Waals surface area contributed by atoms with Crippen molar-refractivity contribution < 1.29 is 67.7 Å². The number of primary amides is 1. The van der Waals surface area contributed by atoms with Gasteiger partial charge in [0.1, 0.15) is 89.8 Å². The lowest BCUT2D eigenvalue weighted by atomic mass is 10.0. The lowest BCUT2D eigenvalue weighted by molar-refractivity contribution is -0.141. The lowest BCUT2D eigenvalue weighted by Crippen LogP contribution is -2.61. The quantitative estimate of drug-likeness (QED) is 0.118. The van der Waals surface area contributed by atoms with E-state index < -0.39 is 162 Å². The number of nitrogens with two attached hydrogens (primary N) is 1. The zero-order chi connectivity index (χ0) is 70.3. The van der Waals surface area contributed by atoms with Crippen LogP contribution in [0.15, 0.2) is 73.4 Å². The van der Waals surface area contributed by atoms with E-state index in [2.05, 4.69) is 69.4 Å². The van der Waals surface area contributed by atoms with Gasteiger partial charge in [-0.3, -0.25) is 67.7 Å². The van der Waals surface area contributed by atoms with Crippen molar-refractivity contribution >= 4 is 173 Å². The van der Waals surface area contributed by atoms with Crippen LogP contribution in [-0.4, -0.2) is 217 Å². The number of thioether (sulfide) groups is 4. The Morgan fingerprint density at radius 1 is 0.704 bits per heavy atom. The number of allylic oxidation sites excluding steroid dienone is 2. The fourth-order valence-corrected chi connectivity index (χ4v) is 17.0. The maximum Gasteiger partial charge on any atom is 0.327 e. The molecule has 0 saturated carbocycles. The van der Waals surface area contributed by atoms with E-state index in [0.717, 1.165) is 18.7 Å². The lowest BCUT2D eigenvalue weighted by Gasteiger charge is -2.32. The van der Waals surface area contributed by atoms with Gasteiger partial charge in [0.2, 0.25) is 41.4 Å². The molecule has 98 heavy (non-hydrogen) atoms. The van der Waals surface area contributed by atoms with Crippen LogP contribution in [0, 0.1) is 0 Å². The summed E-state index contributed by atoms with van der Waals surface area (Å²) in [7, 11) is 0. The molecule has 516 valence electrons. The van der Waals surface area contributed by atoms with Gasteiger partial charge in [-0.1, -0.05) is 18.7 Å². The Hall–Kier alpha value is -8.57. The van der Waals surface area contributed by atoms with E-state index >= 15 is 0 Å². The molecule has 11 rings (SSSR count). The Morgan fingerprint density at radius 3 is 1.99 bits per heavy atom. The number of aliphatic imine (C=N–C) groups is 3. The number of aromatic nitrogens is 4. The molecular formula is C59H64N18O14S7. The van der Waals surface area contributed by atoms with Crippen molar-refractivity contribution in [2.75, 3.05) is 49.3 Å². The van der Waals surface area contributed by atoms with E-state index in [9.17, 15) is 67.7 Å². The monoisotopic (exact) mass is 1470 g/mol. The van der Waals surface area contributed by atoms with E-state index in [1.54, 1.807) is 29.1 Å². The van der Waals surface area contributed by atoms with Gasteiger partial charge in [0.25, 0.3) is 17.7 Å². The summed E-state index contributed by atoms with van der Waals surface area (Å²) >= 11 is 7.67. The Labute approximate surface area is 586 Å². The minimum absolute atomic E-state index is 0.0219. The fraction of sp³-hybridized carbons (Fsp3) is 0.407. The van der Waals surface area contributed by atoms with Gasteiger partial charge < -0.3 is 68.7 Å². The summed E-state index contributed by atoms with van der Waals surface area (Å²) < 4.78 is 0. The van der Waals surface area contributed by atoms with Crippen LogP contribution in [0.1, 0.15) is 85.4 Å². The van der Waals surface area contributed by atoms with Crippen LogP contribution in [0.4, 0.5) is 0 Å². The molecule has 4 aromatic rings. The van der Waals surface area contributed by atoms with Crippen molar-refractivity contribution in [3.8, 4) is 21.4 Å². The number of ketones is 1. The number of aliphatic hydroxyl groups excluding tert-OH is 1. The molecule has 13 N–H and O–H groups in total. The van der Waals surface area contributed by atoms with Gasteiger partial charge in [0, 0.05) is 57.7 Å². The number of hydrogen-bond donors (Lipinski definition) is 12. The molecule has 9 unspecified atom stereocenters. The number of carboxylic acid groups (broad SMARTS) is 1. The first-order chi connectivity index (χ1) is 46.8. The second-order valence-electron chi connectivity index (χ2n) is 22.5. The molecule has 32 nitrogen and oxygen atoms in total. The topological polar surface area (TPSA) is 471 Å². The Balaban J connectivity index is 1.03. The molecule has 39 heteroatoms. The molecule has 16 bridgehead atoms. The first kappa shape index (κ1) is 72.2. The second kappa shape index (κ2) is 31.5. The number of aliphatic hydroxyl groups is 1. The van der Waals surface area contributed by atoms with Gasteiger partial charge in [0.15, 0.2) is 10.7 Å². The summed E-state index contributed by atoms with van der Waals surface area (Å²) in [5.74, 6) is -11.3. The smallest absolute Gasteiger partial charge is 0.327 e. The number of hydrogen-bond acceptors (Lipinski definition) is 28. The average molecular weight is 1470 g/mol. The molecule has 11 heterocycles. The number of nitrogens with one attached hydrogen (secondary N) is 9. The molecule has 7 aliphatic heterocycles. The molecule has 0 aliphatic carbocycles. The molecule has 9 atom stereocenters. The highest BCUT2D eigenvalue weighted by atomic mass is 32.2. The van der Waals surface area contributed by atoms with Crippen molar-refractivity contribution in [3.05, 3.63) is 86.1 Å². The van der Waals surface area contributed by atoms with Gasteiger partial charge in [-0.15, -0.1) is 81.1 Å². The van der Waals surface area contributed by atoms with Crippen LogP contribution in [0.5, 0.6) is 0 Å². The number of carbonyl (C=O) groups excluding carboxylic acids is 11. The molecule has 0 aromatic carbocycles. The van der Waals surface area contributed by atoms with Crippen LogP contribution >= 0.6 is 81.1 Å². The van der Waals surface area contributed by atoms with Crippen molar-refractivity contribution in [2.45, 2.75) is 100 Å². The standard InChI is InChI=1S/C59H64N18O14S7/c1-6-27-48(86)76-59(5)58(91)75-31(16-78)44(82)62-15-42(81)65-28(7-2)56(88)77-12-8-9-39(77)49(87)63-24(3)43-26(40(79)14-61-30(13-41(60)80)52-69-33(18-93-52)46(84)67-27)10-11-29(66-43)51-73-36(21-96-51)53-70-32(17-94-53)45(83)64-25(4)50-72-35(20-92-50)55-74-37(22-97-55)54-71-34(19-95-54)47(85)68-38(23-98-59)57(89)90/h6-7,10-11,20-22,24,30-34,38-39,61,78H,4,8-9,12-19,23H2,1-3,5H3,(H2,60,80)(H,62,82)(H,63,87)(H,64,83)(H,65,81)(H,67,84)(H,68,85)(H,75,91)(H,76,86)(H,89,90)/b27-6+,28-7+. The molecule has 1 saturated heterocycles. The summed E-state index contributed by atoms with van der Waals surface area (Å²) in [6, 6.07) is -6.97. The first-order valence-electron chi connectivity index (χ1n) is 30.1. The highest BCUT2D eigenvalue weighted by molar-refractivity contribution is 8.15. The van der Waals surface area contributed by atoms with E-state index in [4.69, 9.17) is 25.7 Å². The molecule has 0 radical (unpaired) electrons. The van der Waals surface area contributed by atoms with E-state index in [1.807, 2.05) is 0 Å². The predicted octanol–water partition coefficient (Wildman–Crippen LogP) is -0.210. The van der Waals surface area contributed by atoms with Gasteiger partial charge in [-0.25, -0.2) is 24.7 Å². The Kier molecular flexibility index (Phi) is 23.2. The summed E-state index contributed by atoms with van der Waals surface area (Å²) in [6.07, 6.45) is 2.61. The highest BCUT2D eigenvalue weighted by Gasteiger charge is 2.43. The summed E-state index contributed by atoms with van der Waals surface area (Å²) in [4.78, 5) is 199. The van der Waals surface area contributed by atoms with Crippen LogP contribution < -0.4 is 53.6 Å². The van der Waals surface area contributed by atoms with Crippen LogP contribution in [0.3, 0.4) is 0 Å². The van der Waals surface area contributed by atoms with E-state index in [0.29, 0.717) is 60.4 Å². The van der Waals surface area contributed by atoms with Gasteiger partial charge >= 0.3 is 5.97 Å². The minimum Gasteiger partial charge on any atom is -0.480 e. The van der Waals surface area contributed by atoms with Crippen molar-refractivity contribution in [1.82, 2.24) is 72.7 Å². The second-order valence-corrected chi connectivity index (χ2v) is 29.6. The van der Waals surface area contributed by atoms with Gasteiger partial charge in [0.05, 0.1) is 53.9 Å². The first-order valence-corrected chi connectivity index (χ1v) is 36.7. The minimum atomic E-state index is -2.33. The van der Waals surface area contributed by atoms with Crippen molar-refractivity contribution in [3.63, 3.8) is 0 Å². The maximum atomic E-state index is 14.6. The Morgan fingerprint density at radius 2 is 1.33 bits per heavy atom. The number of carbonyl (C=O) groups is 12. The van der Waals surface area contributed by atoms with Crippen LogP contribution in [0.2, 0.25) is 0 Å². The number of amides is 10. The zero-order valence-corrected chi connectivity index (χ0v) is 58.2. The van der Waals surface area contributed by atoms with Crippen molar-refractivity contribution in [2.24, 2.45) is 20.7 Å². The number of pyridine rings is 1. The predicted molar refractivity (Wildman–Crippen MR) is 371 cm³/mol. The number of nitrogens with zero attached hydrogens (tertiary/aromatic N) is 8. The summed E-state index contributed by atoms with van der Waals surface area (Å²) in [6.45, 7) is 7.27.